The summed E-state index contributed by atoms with van der Waals surface area (Å²) in [4.78, 5) is 23.2. The zero-order valence-corrected chi connectivity index (χ0v) is 11.1. The first-order chi connectivity index (χ1) is 10.3. The van der Waals surface area contributed by atoms with Crippen LogP contribution >= 0.6 is 0 Å². The molecule has 3 aromatic rings. The first-order valence-corrected chi connectivity index (χ1v) is 6.45. The summed E-state index contributed by atoms with van der Waals surface area (Å²) in [6.45, 7) is -0.169. The van der Waals surface area contributed by atoms with E-state index in [0.717, 1.165) is 5.69 Å². The molecule has 0 aliphatic carbocycles. The minimum Gasteiger partial charge on any atom is -0.394 e. The Bertz CT molecular complexity index is 736. The van der Waals surface area contributed by atoms with Crippen molar-refractivity contribution in [2.75, 3.05) is 6.61 Å². The van der Waals surface area contributed by atoms with Crippen molar-refractivity contribution in [2.45, 2.75) is 12.5 Å². The second-order valence-corrected chi connectivity index (χ2v) is 4.57. The number of rotatable bonds is 5. The number of H-pyrrole nitrogens is 1. The number of amides is 1. The van der Waals surface area contributed by atoms with E-state index in [9.17, 15) is 9.90 Å². The van der Waals surface area contributed by atoms with E-state index in [4.69, 9.17) is 0 Å². The molecular formula is C13H14N6O2. The number of aromatic amines is 1. The van der Waals surface area contributed by atoms with Crippen LogP contribution in [0.4, 0.5) is 0 Å². The average Bonchev–Trinajstić information content (AvgIpc) is 3.16. The van der Waals surface area contributed by atoms with Gasteiger partial charge in [-0.3, -0.25) is 4.79 Å². The van der Waals surface area contributed by atoms with Gasteiger partial charge in [-0.25, -0.2) is 14.5 Å². The first kappa shape index (κ1) is 13.3. The summed E-state index contributed by atoms with van der Waals surface area (Å²) in [7, 11) is 0. The number of imidazole rings is 1. The van der Waals surface area contributed by atoms with Gasteiger partial charge in [0.25, 0.3) is 5.91 Å². The molecule has 1 amide bonds. The highest BCUT2D eigenvalue weighted by Gasteiger charge is 2.16. The lowest BCUT2D eigenvalue weighted by Gasteiger charge is -2.15. The number of carbonyl (C=O) groups is 1. The fourth-order valence-corrected chi connectivity index (χ4v) is 2.10. The molecule has 3 heterocycles. The van der Waals surface area contributed by atoms with E-state index in [-0.39, 0.29) is 12.5 Å². The van der Waals surface area contributed by atoms with Crippen LogP contribution in [-0.4, -0.2) is 48.2 Å². The summed E-state index contributed by atoms with van der Waals surface area (Å²) < 4.78 is 1.46. The number of nitrogens with one attached hydrogen (secondary N) is 2. The molecule has 0 bridgehead atoms. The van der Waals surface area contributed by atoms with Gasteiger partial charge in [0.2, 0.25) is 0 Å². The number of aliphatic hydroxyl groups excluding tert-OH is 1. The zero-order chi connectivity index (χ0) is 14.7. The maximum Gasteiger partial charge on any atom is 0.270 e. The number of aliphatic hydroxyl groups is 1. The van der Waals surface area contributed by atoms with Gasteiger partial charge in [-0.15, -0.1) is 0 Å². The third-order valence-electron chi connectivity index (χ3n) is 3.11. The van der Waals surface area contributed by atoms with Crippen molar-refractivity contribution < 1.29 is 9.90 Å². The predicted molar refractivity (Wildman–Crippen MR) is 73.6 cm³/mol. The summed E-state index contributed by atoms with van der Waals surface area (Å²) in [6.07, 6.45) is 5.07. The molecule has 3 N–H and O–H groups in total. The largest absolute Gasteiger partial charge is 0.394 e. The molecule has 3 rings (SSSR count). The van der Waals surface area contributed by atoms with E-state index in [0.29, 0.717) is 17.8 Å². The lowest BCUT2D eigenvalue weighted by molar-refractivity contribution is 0.0908. The lowest BCUT2D eigenvalue weighted by Crippen LogP contribution is -2.40. The molecule has 0 aliphatic rings. The van der Waals surface area contributed by atoms with Crippen LogP contribution in [0.3, 0.4) is 0 Å². The van der Waals surface area contributed by atoms with Gasteiger partial charge in [-0.05, 0) is 12.1 Å². The van der Waals surface area contributed by atoms with Crippen molar-refractivity contribution in [3.63, 3.8) is 0 Å². The van der Waals surface area contributed by atoms with Gasteiger partial charge in [0, 0.05) is 18.3 Å². The van der Waals surface area contributed by atoms with E-state index in [1.165, 1.54) is 10.8 Å². The minimum atomic E-state index is -0.406. The molecule has 0 radical (unpaired) electrons. The Morgan fingerprint density at radius 2 is 2.38 bits per heavy atom. The second-order valence-electron chi connectivity index (χ2n) is 4.57. The zero-order valence-electron chi connectivity index (χ0n) is 11.1. The number of hydrogen-bond donors (Lipinski definition) is 3. The molecule has 21 heavy (non-hydrogen) atoms. The predicted octanol–water partition coefficient (Wildman–Crippen LogP) is -0.214. The quantitative estimate of drug-likeness (QED) is 0.601. The number of pyridine rings is 1. The highest BCUT2D eigenvalue weighted by Crippen LogP contribution is 2.05. The van der Waals surface area contributed by atoms with Crippen LogP contribution in [0.2, 0.25) is 0 Å². The maximum atomic E-state index is 12.3. The van der Waals surface area contributed by atoms with E-state index >= 15 is 0 Å². The molecule has 8 nitrogen and oxygen atoms in total. The summed E-state index contributed by atoms with van der Waals surface area (Å²) in [5.41, 5.74) is 1.80. The van der Waals surface area contributed by atoms with Crippen molar-refractivity contribution in [3.05, 3.63) is 48.4 Å². The Kier molecular flexibility index (Phi) is 3.61. The molecule has 0 spiro atoms. The Morgan fingerprint density at radius 3 is 3.14 bits per heavy atom. The van der Waals surface area contributed by atoms with Crippen LogP contribution in [0.1, 0.15) is 16.2 Å². The molecular weight excluding hydrogens is 272 g/mol. The third-order valence-corrected chi connectivity index (χ3v) is 3.11. The Hall–Kier alpha value is -2.74. The third kappa shape index (κ3) is 2.75. The summed E-state index contributed by atoms with van der Waals surface area (Å²) >= 11 is 0. The van der Waals surface area contributed by atoms with E-state index in [1.807, 2.05) is 0 Å². The number of nitrogens with zero attached hydrogens (tertiary/aromatic N) is 4. The molecule has 0 aliphatic heterocycles. The first-order valence-electron chi connectivity index (χ1n) is 6.45. The van der Waals surface area contributed by atoms with Crippen LogP contribution in [0.25, 0.3) is 5.65 Å². The lowest BCUT2D eigenvalue weighted by atomic mass is 10.1. The van der Waals surface area contributed by atoms with Crippen molar-refractivity contribution in [2.24, 2.45) is 0 Å². The van der Waals surface area contributed by atoms with Gasteiger partial charge in [0.15, 0.2) is 5.65 Å². The molecule has 108 valence electrons. The number of aromatic nitrogens is 5. The van der Waals surface area contributed by atoms with Crippen molar-refractivity contribution in [1.82, 2.24) is 29.9 Å². The smallest absolute Gasteiger partial charge is 0.270 e. The molecule has 1 atom stereocenters. The molecule has 3 aromatic heterocycles. The summed E-state index contributed by atoms with van der Waals surface area (Å²) in [6, 6.07) is 4.75. The van der Waals surface area contributed by atoms with Gasteiger partial charge >= 0.3 is 0 Å². The molecule has 0 saturated carbocycles. The highest BCUT2D eigenvalue weighted by atomic mass is 16.3. The molecule has 0 aromatic carbocycles. The van der Waals surface area contributed by atoms with Crippen LogP contribution in [-0.2, 0) is 6.42 Å². The SMILES string of the molecule is O=C(N[C@H](CO)Cc1cnc[nH]1)c1cccc2ncnn12. The average molecular weight is 286 g/mol. The van der Waals surface area contributed by atoms with Gasteiger partial charge in [-0.2, -0.15) is 5.10 Å². The summed E-state index contributed by atoms with van der Waals surface area (Å²) in [5, 5.41) is 16.2. The number of fused-ring (bicyclic) bond motifs is 1. The minimum absolute atomic E-state index is 0.169. The molecule has 0 saturated heterocycles. The van der Waals surface area contributed by atoms with Crippen molar-refractivity contribution in [3.8, 4) is 0 Å². The fourth-order valence-electron chi connectivity index (χ4n) is 2.10. The molecule has 0 fully saturated rings. The van der Waals surface area contributed by atoms with Crippen LogP contribution in [0.15, 0.2) is 37.1 Å². The highest BCUT2D eigenvalue weighted by molar-refractivity contribution is 5.93. The monoisotopic (exact) mass is 286 g/mol. The van der Waals surface area contributed by atoms with Crippen LogP contribution < -0.4 is 5.32 Å². The van der Waals surface area contributed by atoms with E-state index in [2.05, 4.69) is 25.4 Å². The fraction of sp³-hybridized carbons (Fsp3) is 0.231. The summed E-state index contributed by atoms with van der Waals surface area (Å²) in [5.74, 6) is -0.315. The Labute approximate surface area is 119 Å². The van der Waals surface area contributed by atoms with Gasteiger partial charge < -0.3 is 15.4 Å². The van der Waals surface area contributed by atoms with Crippen LogP contribution in [0, 0.1) is 0 Å². The topological polar surface area (TPSA) is 108 Å². The maximum absolute atomic E-state index is 12.3. The molecule has 8 heteroatoms. The van der Waals surface area contributed by atoms with Gasteiger partial charge in [-0.1, -0.05) is 6.07 Å². The number of hydrogen-bond acceptors (Lipinski definition) is 5. The van der Waals surface area contributed by atoms with Crippen molar-refractivity contribution >= 4 is 11.6 Å². The Balaban J connectivity index is 1.77. The van der Waals surface area contributed by atoms with Gasteiger partial charge in [0.1, 0.15) is 12.0 Å². The van der Waals surface area contributed by atoms with Gasteiger partial charge in [0.05, 0.1) is 19.0 Å². The van der Waals surface area contributed by atoms with Crippen molar-refractivity contribution in [1.29, 1.82) is 0 Å². The van der Waals surface area contributed by atoms with E-state index in [1.54, 1.807) is 30.7 Å². The van der Waals surface area contributed by atoms with E-state index < -0.39 is 6.04 Å². The second kappa shape index (κ2) is 5.71. The van der Waals surface area contributed by atoms with Crippen LogP contribution in [0.5, 0.6) is 0 Å². The molecule has 0 unspecified atom stereocenters. The Morgan fingerprint density at radius 1 is 1.48 bits per heavy atom. The number of carbonyl (C=O) groups excluding carboxylic acids is 1. The normalized spacial score (nSPS) is 12.4. The standard InChI is InChI=1S/C13H14N6O2/c20-6-10(4-9-5-14-7-15-9)18-13(21)11-2-1-3-12-16-8-17-19(11)12/h1-3,5,7-8,10,20H,4,6H2,(H,14,15)(H,18,21)/t10-/m0/s1.